The van der Waals surface area contributed by atoms with Crippen molar-refractivity contribution in [3.8, 4) is 5.75 Å². The van der Waals surface area contributed by atoms with E-state index in [9.17, 15) is 8.78 Å². The van der Waals surface area contributed by atoms with Gasteiger partial charge in [0.15, 0.2) is 17.6 Å². The standard InChI is InChI=1S/C15H17F2N3OS/c16-13-4-3-11(10-14(13)17)21-8-7-20-15(18)19-6-5-12-2-1-9-22-12/h1-4,9-10H,5-8H2,(H3,18,19,20). The zero-order chi connectivity index (χ0) is 15.8. The molecule has 3 N–H and O–H groups in total. The summed E-state index contributed by atoms with van der Waals surface area (Å²) in [7, 11) is 0. The van der Waals surface area contributed by atoms with Crippen LogP contribution in [0.15, 0.2) is 40.7 Å². The summed E-state index contributed by atoms with van der Waals surface area (Å²) in [6.07, 6.45) is 0.853. The molecule has 0 amide bonds. The quantitative estimate of drug-likeness (QED) is 0.467. The maximum atomic E-state index is 13.0. The molecule has 1 heterocycles. The molecule has 1 aromatic carbocycles. The Morgan fingerprint density at radius 1 is 1.27 bits per heavy atom. The maximum absolute atomic E-state index is 13.0. The Hall–Kier alpha value is -2.15. The van der Waals surface area contributed by atoms with Crippen molar-refractivity contribution in [3.63, 3.8) is 0 Å². The molecule has 22 heavy (non-hydrogen) atoms. The number of halogens is 2. The summed E-state index contributed by atoms with van der Waals surface area (Å²) in [6, 6.07) is 7.46. The Kier molecular flexibility index (Phi) is 6.14. The van der Waals surface area contributed by atoms with Crippen LogP contribution >= 0.6 is 11.3 Å². The Morgan fingerprint density at radius 2 is 2.14 bits per heavy atom. The first-order valence-corrected chi connectivity index (χ1v) is 7.67. The molecule has 0 saturated carbocycles. The number of hydrogen-bond acceptors (Lipinski definition) is 3. The van der Waals surface area contributed by atoms with Crippen molar-refractivity contribution in [1.82, 2.24) is 5.32 Å². The Bertz CT molecular complexity index is 617. The number of aliphatic imine (C=N–C) groups is 1. The minimum atomic E-state index is -0.930. The van der Waals surface area contributed by atoms with Crippen molar-refractivity contribution in [3.05, 3.63) is 52.2 Å². The number of thiophene rings is 1. The van der Waals surface area contributed by atoms with E-state index in [0.717, 1.165) is 18.6 Å². The monoisotopic (exact) mass is 325 g/mol. The van der Waals surface area contributed by atoms with Crippen molar-refractivity contribution in [2.75, 3.05) is 19.7 Å². The van der Waals surface area contributed by atoms with Crippen LogP contribution in [0.25, 0.3) is 0 Å². The normalized spacial score (nSPS) is 11.5. The lowest BCUT2D eigenvalue weighted by Crippen LogP contribution is -2.34. The Labute approximate surface area is 131 Å². The predicted molar refractivity (Wildman–Crippen MR) is 84.4 cm³/mol. The van der Waals surface area contributed by atoms with Gasteiger partial charge in [0.25, 0.3) is 0 Å². The summed E-state index contributed by atoms with van der Waals surface area (Å²) in [5.74, 6) is -1.22. The van der Waals surface area contributed by atoms with Crippen LogP contribution in [0, 0.1) is 11.6 Å². The number of nitrogens with one attached hydrogen (secondary N) is 1. The van der Waals surface area contributed by atoms with Gasteiger partial charge >= 0.3 is 0 Å². The zero-order valence-corrected chi connectivity index (χ0v) is 12.7. The molecular weight excluding hydrogens is 308 g/mol. The average molecular weight is 325 g/mol. The molecule has 7 heteroatoms. The van der Waals surface area contributed by atoms with Gasteiger partial charge < -0.3 is 15.8 Å². The number of guanidine groups is 1. The molecule has 0 spiro atoms. The van der Waals surface area contributed by atoms with Crippen LogP contribution in [0.5, 0.6) is 5.75 Å². The van der Waals surface area contributed by atoms with Gasteiger partial charge in [-0.05, 0) is 23.6 Å². The van der Waals surface area contributed by atoms with E-state index in [4.69, 9.17) is 10.5 Å². The van der Waals surface area contributed by atoms with Gasteiger partial charge in [0.1, 0.15) is 12.4 Å². The summed E-state index contributed by atoms with van der Waals surface area (Å²) in [4.78, 5) is 5.46. The van der Waals surface area contributed by atoms with Gasteiger partial charge in [-0.2, -0.15) is 0 Å². The minimum Gasteiger partial charge on any atom is -0.492 e. The van der Waals surface area contributed by atoms with Crippen LogP contribution in [0.4, 0.5) is 8.78 Å². The third-order valence-corrected chi connectivity index (χ3v) is 3.72. The molecule has 0 aliphatic carbocycles. The van der Waals surface area contributed by atoms with E-state index in [1.807, 2.05) is 11.4 Å². The molecule has 0 bridgehead atoms. The lowest BCUT2D eigenvalue weighted by Gasteiger charge is -2.08. The van der Waals surface area contributed by atoms with E-state index in [1.54, 1.807) is 11.3 Å². The third kappa shape index (κ3) is 5.33. The molecule has 2 rings (SSSR count). The number of rotatable bonds is 7. The second-order valence-electron chi connectivity index (χ2n) is 4.45. The number of nitrogens with zero attached hydrogens (tertiary/aromatic N) is 1. The highest BCUT2D eigenvalue weighted by Crippen LogP contribution is 2.14. The molecule has 0 aliphatic rings. The fourth-order valence-corrected chi connectivity index (χ4v) is 2.41. The van der Waals surface area contributed by atoms with E-state index in [-0.39, 0.29) is 12.4 Å². The van der Waals surface area contributed by atoms with Crippen molar-refractivity contribution in [1.29, 1.82) is 0 Å². The van der Waals surface area contributed by atoms with E-state index in [0.29, 0.717) is 19.0 Å². The van der Waals surface area contributed by atoms with Gasteiger partial charge in [-0.1, -0.05) is 6.07 Å². The summed E-state index contributed by atoms with van der Waals surface area (Å²) < 4.78 is 31.0. The van der Waals surface area contributed by atoms with E-state index >= 15 is 0 Å². The van der Waals surface area contributed by atoms with Crippen molar-refractivity contribution in [2.24, 2.45) is 10.7 Å². The first-order valence-electron chi connectivity index (χ1n) is 6.79. The van der Waals surface area contributed by atoms with Crippen molar-refractivity contribution in [2.45, 2.75) is 6.42 Å². The molecule has 0 atom stereocenters. The molecule has 0 fully saturated rings. The molecular formula is C15H17F2N3OS. The molecule has 4 nitrogen and oxygen atoms in total. The third-order valence-electron chi connectivity index (χ3n) is 2.79. The smallest absolute Gasteiger partial charge is 0.188 e. The van der Waals surface area contributed by atoms with Gasteiger partial charge in [0.2, 0.25) is 0 Å². The van der Waals surface area contributed by atoms with Gasteiger partial charge in [0.05, 0.1) is 6.54 Å². The van der Waals surface area contributed by atoms with Gasteiger partial charge in [-0.25, -0.2) is 8.78 Å². The molecule has 0 saturated heterocycles. The van der Waals surface area contributed by atoms with Crippen LogP contribution in [-0.4, -0.2) is 25.7 Å². The van der Waals surface area contributed by atoms with Gasteiger partial charge in [0, 0.05) is 23.9 Å². The summed E-state index contributed by atoms with van der Waals surface area (Å²) in [6.45, 7) is 1.31. The Morgan fingerprint density at radius 3 is 2.86 bits per heavy atom. The van der Waals surface area contributed by atoms with Gasteiger partial charge in [-0.15, -0.1) is 11.3 Å². The second kappa shape index (κ2) is 8.33. The number of hydrogen-bond donors (Lipinski definition) is 2. The first-order chi connectivity index (χ1) is 10.6. The number of ether oxygens (including phenoxy) is 1. The minimum absolute atomic E-state index is 0.270. The lowest BCUT2D eigenvalue weighted by atomic mass is 10.3. The highest BCUT2D eigenvalue weighted by Gasteiger charge is 2.03. The Balaban J connectivity index is 1.63. The van der Waals surface area contributed by atoms with Crippen LogP contribution in [-0.2, 0) is 6.42 Å². The average Bonchev–Trinajstić information content (AvgIpc) is 3.00. The highest BCUT2D eigenvalue weighted by molar-refractivity contribution is 7.09. The number of benzene rings is 1. The predicted octanol–water partition coefficient (Wildman–Crippen LogP) is 2.55. The molecule has 0 radical (unpaired) electrons. The highest BCUT2D eigenvalue weighted by atomic mass is 32.1. The summed E-state index contributed by atoms with van der Waals surface area (Å²) in [5, 5.41) is 4.92. The van der Waals surface area contributed by atoms with E-state index in [1.165, 1.54) is 10.9 Å². The van der Waals surface area contributed by atoms with Crippen LogP contribution in [0.1, 0.15) is 4.88 Å². The van der Waals surface area contributed by atoms with Crippen molar-refractivity contribution >= 4 is 17.3 Å². The van der Waals surface area contributed by atoms with Crippen molar-refractivity contribution < 1.29 is 13.5 Å². The first kappa shape index (κ1) is 16.2. The molecule has 0 unspecified atom stereocenters. The topological polar surface area (TPSA) is 59.6 Å². The SMILES string of the molecule is NC(=NCCc1cccs1)NCCOc1ccc(F)c(F)c1. The molecule has 0 aliphatic heterocycles. The van der Waals surface area contributed by atoms with Crippen LogP contribution < -0.4 is 15.8 Å². The summed E-state index contributed by atoms with van der Waals surface area (Å²) >= 11 is 1.69. The summed E-state index contributed by atoms with van der Waals surface area (Å²) in [5.41, 5.74) is 5.71. The second-order valence-corrected chi connectivity index (χ2v) is 5.48. The number of nitrogens with two attached hydrogens (primary N) is 1. The van der Waals surface area contributed by atoms with E-state index < -0.39 is 11.6 Å². The fraction of sp³-hybridized carbons (Fsp3) is 0.267. The van der Waals surface area contributed by atoms with Gasteiger partial charge in [-0.3, -0.25) is 4.99 Å². The molecule has 1 aromatic heterocycles. The van der Waals surface area contributed by atoms with E-state index in [2.05, 4.69) is 16.4 Å². The van der Waals surface area contributed by atoms with Crippen LogP contribution in [0.3, 0.4) is 0 Å². The maximum Gasteiger partial charge on any atom is 0.188 e. The molecule has 2 aromatic rings. The zero-order valence-electron chi connectivity index (χ0n) is 11.9. The molecule has 118 valence electrons. The fourth-order valence-electron chi connectivity index (χ4n) is 1.71. The van der Waals surface area contributed by atoms with Crippen LogP contribution in [0.2, 0.25) is 0 Å². The largest absolute Gasteiger partial charge is 0.492 e. The lowest BCUT2D eigenvalue weighted by molar-refractivity contribution is 0.319.